The van der Waals surface area contributed by atoms with Crippen molar-refractivity contribution in [3.8, 4) is 0 Å². The van der Waals surface area contributed by atoms with Gasteiger partial charge in [-0.1, -0.05) is 6.92 Å². The third-order valence-electron chi connectivity index (χ3n) is 3.44. The van der Waals surface area contributed by atoms with Crippen LogP contribution in [0.5, 0.6) is 0 Å². The van der Waals surface area contributed by atoms with Gasteiger partial charge < -0.3 is 20.8 Å². The fourth-order valence-corrected chi connectivity index (χ4v) is 2.08. The molecular formula is C11H20N2O4. The predicted octanol–water partition coefficient (Wildman–Crippen LogP) is -0.674. The van der Waals surface area contributed by atoms with Crippen molar-refractivity contribution >= 4 is 11.9 Å². The zero-order valence-corrected chi connectivity index (χ0v) is 10.2. The smallest absolute Gasteiger partial charge is 0.328 e. The first-order chi connectivity index (χ1) is 7.93. The Kier molecular flexibility index (Phi) is 4.47. The Labute approximate surface area is 100 Å². The summed E-state index contributed by atoms with van der Waals surface area (Å²) in [5, 5.41) is 23.7. The molecule has 0 saturated carbocycles. The highest BCUT2D eigenvalue weighted by molar-refractivity contribution is 5.88. The van der Waals surface area contributed by atoms with Crippen LogP contribution in [-0.2, 0) is 9.59 Å². The van der Waals surface area contributed by atoms with E-state index in [-0.39, 0.29) is 5.91 Å². The van der Waals surface area contributed by atoms with Crippen LogP contribution in [0.1, 0.15) is 26.7 Å². The van der Waals surface area contributed by atoms with Gasteiger partial charge in [-0.15, -0.1) is 0 Å². The number of hydrogen-bond donors (Lipinski definition) is 4. The number of nitrogens with one attached hydrogen (secondary N) is 2. The molecule has 0 bridgehead atoms. The maximum absolute atomic E-state index is 12.1. The summed E-state index contributed by atoms with van der Waals surface area (Å²) in [7, 11) is 0. The van der Waals surface area contributed by atoms with Gasteiger partial charge in [-0.25, -0.2) is 4.79 Å². The monoisotopic (exact) mass is 244 g/mol. The van der Waals surface area contributed by atoms with E-state index in [1.807, 2.05) is 6.92 Å². The molecule has 1 rings (SSSR count). The first kappa shape index (κ1) is 13.9. The highest BCUT2D eigenvalue weighted by Crippen LogP contribution is 2.29. The third-order valence-corrected chi connectivity index (χ3v) is 3.44. The number of carboxylic acids is 1. The Balaban J connectivity index is 2.72. The summed E-state index contributed by atoms with van der Waals surface area (Å²) in [4.78, 5) is 23.0. The summed E-state index contributed by atoms with van der Waals surface area (Å²) >= 11 is 0. The van der Waals surface area contributed by atoms with E-state index in [2.05, 4.69) is 10.6 Å². The Morgan fingerprint density at radius 1 is 1.53 bits per heavy atom. The molecule has 6 heteroatoms. The molecule has 3 atom stereocenters. The lowest BCUT2D eigenvalue weighted by Gasteiger charge is -2.28. The van der Waals surface area contributed by atoms with Crippen molar-refractivity contribution < 1.29 is 19.8 Å². The maximum Gasteiger partial charge on any atom is 0.328 e. The summed E-state index contributed by atoms with van der Waals surface area (Å²) in [6.45, 7) is 4.57. The number of aliphatic hydroxyl groups excluding tert-OH is 1. The van der Waals surface area contributed by atoms with Crippen molar-refractivity contribution in [3.63, 3.8) is 0 Å². The molecule has 1 unspecified atom stereocenters. The van der Waals surface area contributed by atoms with Crippen molar-refractivity contribution in [1.82, 2.24) is 10.6 Å². The lowest BCUT2D eigenvalue weighted by molar-refractivity contribution is -0.146. The second-order valence-corrected chi connectivity index (χ2v) is 4.59. The van der Waals surface area contributed by atoms with Crippen molar-refractivity contribution in [2.75, 3.05) is 13.1 Å². The molecule has 6 nitrogen and oxygen atoms in total. The first-order valence-electron chi connectivity index (χ1n) is 5.85. The van der Waals surface area contributed by atoms with Crippen LogP contribution in [0, 0.1) is 5.41 Å². The Morgan fingerprint density at radius 2 is 2.18 bits per heavy atom. The lowest BCUT2D eigenvalue weighted by Crippen LogP contribution is -2.53. The molecule has 1 aliphatic heterocycles. The zero-order valence-electron chi connectivity index (χ0n) is 10.2. The molecule has 1 fully saturated rings. The second kappa shape index (κ2) is 5.46. The molecular weight excluding hydrogens is 224 g/mol. The van der Waals surface area contributed by atoms with E-state index in [0.717, 1.165) is 6.54 Å². The number of carbonyl (C=O) groups excluding carboxylic acids is 1. The Morgan fingerprint density at radius 3 is 2.53 bits per heavy atom. The van der Waals surface area contributed by atoms with Gasteiger partial charge in [0.2, 0.25) is 5.91 Å². The largest absolute Gasteiger partial charge is 0.480 e. The van der Waals surface area contributed by atoms with Gasteiger partial charge in [0.05, 0.1) is 11.5 Å². The van der Waals surface area contributed by atoms with Crippen LogP contribution in [0.2, 0.25) is 0 Å². The van der Waals surface area contributed by atoms with E-state index in [9.17, 15) is 14.7 Å². The van der Waals surface area contributed by atoms with Crippen molar-refractivity contribution in [3.05, 3.63) is 0 Å². The minimum Gasteiger partial charge on any atom is -0.480 e. The van der Waals surface area contributed by atoms with E-state index < -0.39 is 23.5 Å². The number of amides is 1. The number of hydrogen-bond acceptors (Lipinski definition) is 4. The Bertz CT molecular complexity index is 298. The number of carboxylic acid groups (broad SMARTS) is 1. The van der Waals surface area contributed by atoms with Gasteiger partial charge in [-0.3, -0.25) is 4.79 Å². The molecule has 0 aromatic heterocycles. The molecule has 1 heterocycles. The van der Waals surface area contributed by atoms with E-state index in [0.29, 0.717) is 19.4 Å². The molecule has 17 heavy (non-hydrogen) atoms. The average molecular weight is 244 g/mol. The first-order valence-corrected chi connectivity index (χ1v) is 5.85. The summed E-state index contributed by atoms with van der Waals surface area (Å²) in [6, 6.07) is -1.24. The fourth-order valence-electron chi connectivity index (χ4n) is 2.08. The molecule has 0 aromatic rings. The average Bonchev–Trinajstić information content (AvgIpc) is 2.74. The van der Waals surface area contributed by atoms with Crippen LogP contribution in [-0.4, -0.2) is 47.3 Å². The van der Waals surface area contributed by atoms with Gasteiger partial charge in [-0.2, -0.15) is 0 Å². The molecule has 1 aliphatic rings. The SMILES string of the molecule is CCC1(C(=O)N[C@H](C(=O)O)[C@@H](C)O)CCNC1. The van der Waals surface area contributed by atoms with Crippen LogP contribution >= 0.6 is 0 Å². The lowest BCUT2D eigenvalue weighted by atomic mass is 9.83. The highest BCUT2D eigenvalue weighted by Gasteiger charge is 2.41. The predicted molar refractivity (Wildman–Crippen MR) is 61.5 cm³/mol. The molecule has 0 spiro atoms. The quantitative estimate of drug-likeness (QED) is 0.514. The molecule has 0 aliphatic carbocycles. The van der Waals surface area contributed by atoms with Crippen LogP contribution in [0.15, 0.2) is 0 Å². The van der Waals surface area contributed by atoms with Crippen molar-refractivity contribution in [2.24, 2.45) is 5.41 Å². The van der Waals surface area contributed by atoms with Crippen LogP contribution in [0.3, 0.4) is 0 Å². The number of aliphatic carboxylic acids is 1. The normalized spacial score (nSPS) is 27.5. The van der Waals surface area contributed by atoms with E-state index in [1.165, 1.54) is 6.92 Å². The standard InChI is InChI=1S/C11H20N2O4/c1-3-11(4-5-12-6-11)10(17)13-8(7(2)14)9(15)16/h7-8,12,14H,3-6H2,1-2H3,(H,13,17)(H,15,16)/t7-,8+,11?/m1/s1. The van der Waals surface area contributed by atoms with E-state index in [1.54, 1.807) is 0 Å². The second-order valence-electron chi connectivity index (χ2n) is 4.59. The maximum atomic E-state index is 12.1. The Hall–Kier alpha value is -1.14. The summed E-state index contributed by atoms with van der Waals surface area (Å²) in [5.41, 5.74) is -0.539. The molecule has 4 N–H and O–H groups in total. The summed E-state index contributed by atoms with van der Waals surface area (Å²) in [6.07, 6.45) is 0.235. The fraction of sp³-hybridized carbons (Fsp3) is 0.818. The molecule has 98 valence electrons. The minimum absolute atomic E-state index is 0.293. The highest BCUT2D eigenvalue weighted by atomic mass is 16.4. The molecule has 1 saturated heterocycles. The topological polar surface area (TPSA) is 98.7 Å². The van der Waals surface area contributed by atoms with Crippen LogP contribution < -0.4 is 10.6 Å². The number of aliphatic hydroxyl groups is 1. The van der Waals surface area contributed by atoms with E-state index in [4.69, 9.17) is 5.11 Å². The van der Waals surface area contributed by atoms with Gasteiger partial charge in [0.1, 0.15) is 0 Å². The third kappa shape index (κ3) is 2.95. The van der Waals surface area contributed by atoms with Crippen LogP contribution in [0.4, 0.5) is 0 Å². The summed E-state index contributed by atoms with van der Waals surface area (Å²) < 4.78 is 0. The summed E-state index contributed by atoms with van der Waals surface area (Å²) in [5.74, 6) is -1.51. The van der Waals surface area contributed by atoms with E-state index >= 15 is 0 Å². The molecule has 1 amide bonds. The minimum atomic E-state index is -1.24. The van der Waals surface area contributed by atoms with Gasteiger partial charge in [-0.05, 0) is 26.3 Å². The van der Waals surface area contributed by atoms with Gasteiger partial charge in [0.25, 0.3) is 0 Å². The molecule has 0 aromatic carbocycles. The van der Waals surface area contributed by atoms with Crippen molar-refractivity contribution in [2.45, 2.75) is 38.8 Å². The number of rotatable bonds is 5. The van der Waals surface area contributed by atoms with Crippen LogP contribution in [0.25, 0.3) is 0 Å². The van der Waals surface area contributed by atoms with Gasteiger partial charge in [0, 0.05) is 6.54 Å². The zero-order chi connectivity index (χ0) is 13.1. The molecule has 0 radical (unpaired) electrons. The number of carbonyl (C=O) groups is 2. The van der Waals surface area contributed by atoms with Crippen molar-refractivity contribution in [1.29, 1.82) is 0 Å². The van der Waals surface area contributed by atoms with Gasteiger partial charge in [0.15, 0.2) is 6.04 Å². The van der Waals surface area contributed by atoms with Gasteiger partial charge >= 0.3 is 5.97 Å².